The van der Waals surface area contributed by atoms with Gasteiger partial charge in [0, 0.05) is 16.6 Å². The molecular formula is C17H14BrClN2O4. The molecule has 2 aromatic carbocycles. The van der Waals surface area contributed by atoms with E-state index in [0.717, 1.165) is 10.0 Å². The minimum absolute atomic E-state index is 0.0298. The third-order valence-electron chi connectivity index (χ3n) is 3.22. The number of hydrogen-bond donors (Lipinski definition) is 3. The van der Waals surface area contributed by atoms with E-state index in [1.54, 1.807) is 42.5 Å². The van der Waals surface area contributed by atoms with Crippen LogP contribution in [0.1, 0.15) is 12.0 Å². The third-order valence-corrected chi connectivity index (χ3v) is 4.03. The number of hydrogen-bond acceptors (Lipinski definition) is 3. The van der Waals surface area contributed by atoms with Crippen LogP contribution < -0.4 is 10.6 Å². The number of halogens is 2. The molecule has 0 aliphatic heterocycles. The van der Waals surface area contributed by atoms with Gasteiger partial charge in [0.15, 0.2) is 0 Å². The number of anilines is 2. The van der Waals surface area contributed by atoms with Crippen molar-refractivity contribution in [3.05, 3.63) is 57.5 Å². The van der Waals surface area contributed by atoms with Gasteiger partial charge >= 0.3 is 17.8 Å². The van der Waals surface area contributed by atoms with Gasteiger partial charge in [0.1, 0.15) is 0 Å². The maximum atomic E-state index is 11.9. The molecule has 3 N–H and O–H groups in total. The first-order valence-corrected chi connectivity index (χ1v) is 8.40. The lowest BCUT2D eigenvalue weighted by molar-refractivity contribution is -0.137. The van der Waals surface area contributed by atoms with Crippen molar-refractivity contribution >= 4 is 56.7 Å². The third kappa shape index (κ3) is 5.88. The predicted molar refractivity (Wildman–Crippen MR) is 98.8 cm³/mol. The Morgan fingerprint density at radius 1 is 1.00 bits per heavy atom. The highest BCUT2D eigenvalue weighted by molar-refractivity contribution is 9.10. The van der Waals surface area contributed by atoms with Crippen LogP contribution in [0.15, 0.2) is 46.9 Å². The SMILES string of the molecule is O=C(O)CCc1ccc(NC(=O)C(=O)Nc2ccc(Br)cc2Cl)cc1. The maximum absolute atomic E-state index is 11.9. The average Bonchev–Trinajstić information content (AvgIpc) is 2.56. The molecule has 25 heavy (non-hydrogen) atoms. The van der Waals surface area contributed by atoms with E-state index in [4.69, 9.17) is 16.7 Å². The largest absolute Gasteiger partial charge is 0.481 e. The van der Waals surface area contributed by atoms with Crippen LogP contribution in [0.25, 0.3) is 0 Å². The lowest BCUT2D eigenvalue weighted by Gasteiger charge is -2.08. The van der Waals surface area contributed by atoms with Gasteiger partial charge in [-0.05, 0) is 42.3 Å². The van der Waals surface area contributed by atoms with Crippen LogP contribution in [-0.4, -0.2) is 22.9 Å². The zero-order valence-electron chi connectivity index (χ0n) is 12.9. The van der Waals surface area contributed by atoms with E-state index in [1.807, 2.05) is 0 Å². The summed E-state index contributed by atoms with van der Waals surface area (Å²) < 4.78 is 0.753. The summed E-state index contributed by atoms with van der Waals surface area (Å²) in [7, 11) is 0. The second-order valence-electron chi connectivity index (χ2n) is 5.12. The molecule has 2 rings (SSSR count). The van der Waals surface area contributed by atoms with Crippen molar-refractivity contribution in [1.29, 1.82) is 0 Å². The molecule has 0 aliphatic carbocycles. The summed E-state index contributed by atoms with van der Waals surface area (Å²) >= 11 is 9.24. The summed E-state index contributed by atoms with van der Waals surface area (Å²) in [5.74, 6) is -2.56. The van der Waals surface area contributed by atoms with Crippen molar-refractivity contribution in [3.63, 3.8) is 0 Å². The molecule has 0 heterocycles. The van der Waals surface area contributed by atoms with Crippen LogP contribution in [0.5, 0.6) is 0 Å². The van der Waals surface area contributed by atoms with Gasteiger partial charge in [-0.2, -0.15) is 0 Å². The van der Waals surface area contributed by atoms with Crippen molar-refractivity contribution in [2.24, 2.45) is 0 Å². The average molecular weight is 426 g/mol. The molecular weight excluding hydrogens is 412 g/mol. The monoisotopic (exact) mass is 424 g/mol. The van der Waals surface area contributed by atoms with Gasteiger partial charge in [-0.1, -0.05) is 39.7 Å². The number of carboxylic acids is 1. The van der Waals surface area contributed by atoms with E-state index in [9.17, 15) is 14.4 Å². The summed E-state index contributed by atoms with van der Waals surface area (Å²) in [6.07, 6.45) is 0.425. The van der Waals surface area contributed by atoms with Gasteiger partial charge < -0.3 is 15.7 Å². The molecule has 0 aliphatic rings. The summed E-state index contributed by atoms with van der Waals surface area (Å²) in [5, 5.41) is 13.9. The van der Waals surface area contributed by atoms with Crippen molar-refractivity contribution in [1.82, 2.24) is 0 Å². The van der Waals surface area contributed by atoms with Crippen LogP contribution >= 0.6 is 27.5 Å². The van der Waals surface area contributed by atoms with Crippen molar-refractivity contribution in [2.75, 3.05) is 10.6 Å². The zero-order valence-corrected chi connectivity index (χ0v) is 15.2. The first kappa shape index (κ1) is 19.0. The van der Waals surface area contributed by atoms with Crippen LogP contribution in [-0.2, 0) is 20.8 Å². The molecule has 0 fully saturated rings. The van der Waals surface area contributed by atoms with E-state index in [-0.39, 0.29) is 6.42 Å². The second kappa shape index (κ2) is 8.64. The minimum atomic E-state index is -0.874. The standard InChI is InChI=1S/C17H14BrClN2O4/c18-11-4-7-14(13(19)9-11)21-17(25)16(24)20-12-5-1-10(2-6-12)3-8-15(22)23/h1-2,4-7,9H,3,8H2,(H,20,24)(H,21,25)(H,22,23). The molecule has 130 valence electrons. The lowest BCUT2D eigenvalue weighted by Crippen LogP contribution is -2.29. The quantitative estimate of drug-likeness (QED) is 0.637. The highest BCUT2D eigenvalue weighted by atomic mass is 79.9. The number of carbonyl (C=O) groups excluding carboxylic acids is 2. The normalized spacial score (nSPS) is 10.2. The van der Waals surface area contributed by atoms with E-state index in [0.29, 0.717) is 22.8 Å². The number of rotatable bonds is 5. The summed E-state index contributed by atoms with van der Waals surface area (Å²) in [6.45, 7) is 0. The van der Waals surface area contributed by atoms with Crippen LogP contribution in [0.3, 0.4) is 0 Å². The zero-order chi connectivity index (χ0) is 18.4. The first-order chi connectivity index (χ1) is 11.8. The number of aliphatic carboxylic acids is 1. The fourth-order valence-corrected chi connectivity index (χ4v) is 2.68. The van der Waals surface area contributed by atoms with Gasteiger partial charge in [0.2, 0.25) is 0 Å². The fourth-order valence-electron chi connectivity index (χ4n) is 1.96. The number of carbonyl (C=O) groups is 3. The Hall–Kier alpha value is -2.38. The Bertz CT molecular complexity index is 809. The Morgan fingerprint density at radius 2 is 1.64 bits per heavy atom. The van der Waals surface area contributed by atoms with E-state index in [2.05, 4.69) is 26.6 Å². The molecule has 0 spiro atoms. The topological polar surface area (TPSA) is 95.5 Å². The Balaban J connectivity index is 1.94. The van der Waals surface area contributed by atoms with Crippen LogP contribution in [0, 0.1) is 0 Å². The molecule has 0 atom stereocenters. The Labute approximate surface area is 157 Å². The number of amides is 2. The summed E-state index contributed by atoms with van der Waals surface area (Å²) in [4.78, 5) is 34.4. The molecule has 0 saturated carbocycles. The van der Waals surface area contributed by atoms with E-state index < -0.39 is 17.8 Å². The molecule has 0 radical (unpaired) electrons. The molecule has 0 saturated heterocycles. The van der Waals surface area contributed by atoms with Gasteiger partial charge in [0.25, 0.3) is 0 Å². The van der Waals surface area contributed by atoms with Crippen molar-refractivity contribution in [3.8, 4) is 0 Å². The van der Waals surface area contributed by atoms with Gasteiger partial charge in [-0.15, -0.1) is 0 Å². The Morgan fingerprint density at radius 3 is 2.24 bits per heavy atom. The molecule has 8 heteroatoms. The second-order valence-corrected chi connectivity index (χ2v) is 6.45. The van der Waals surface area contributed by atoms with Crippen molar-refractivity contribution < 1.29 is 19.5 Å². The number of benzene rings is 2. The van der Waals surface area contributed by atoms with Crippen LogP contribution in [0.4, 0.5) is 11.4 Å². The molecule has 2 aromatic rings. The number of carboxylic acid groups (broad SMARTS) is 1. The Kier molecular flexibility index (Phi) is 6.55. The molecule has 2 amide bonds. The number of nitrogens with one attached hydrogen (secondary N) is 2. The van der Waals surface area contributed by atoms with Crippen molar-refractivity contribution in [2.45, 2.75) is 12.8 Å². The molecule has 0 bridgehead atoms. The van der Waals surface area contributed by atoms with Gasteiger partial charge in [0.05, 0.1) is 10.7 Å². The minimum Gasteiger partial charge on any atom is -0.481 e. The molecule has 0 unspecified atom stereocenters. The number of aryl methyl sites for hydroxylation is 1. The van der Waals surface area contributed by atoms with Gasteiger partial charge in [-0.25, -0.2) is 0 Å². The first-order valence-electron chi connectivity index (χ1n) is 7.23. The highest BCUT2D eigenvalue weighted by Crippen LogP contribution is 2.25. The highest BCUT2D eigenvalue weighted by Gasteiger charge is 2.15. The fraction of sp³-hybridized carbons (Fsp3) is 0.118. The van der Waals surface area contributed by atoms with E-state index >= 15 is 0 Å². The summed E-state index contributed by atoms with van der Waals surface area (Å²) in [5.41, 5.74) is 1.58. The van der Waals surface area contributed by atoms with Gasteiger partial charge in [-0.3, -0.25) is 14.4 Å². The maximum Gasteiger partial charge on any atom is 0.314 e. The van der Waals surface area contributed by atoms with E-state index in [1.165, 1.54) is 0 Å². The lowest BCUT2D eigenvalue weighted by atomic mass is 10.1. The smallest absolute Gasteiger partial charge is 0.314 e. The summed E-state index contributed by atoms with van der Waals surface area (Å²) in [6, 6.07) is 11.5. The van der Waals surface area contributed by atoms with Crippen LogP contribution in [0.2, 0.25) is 5.02 Å². The predicted octanol–water partition coefficient (Wildman–Crippen LogP) is 3.70. The molecule has 0 aromatic heterocycles. The molecule has 6 nitrogen and oxygen atoms in total.